The molecular formula is C9H10O8. The first-order valence-corrected chi connectivity index (χ1v) is 4.66. The van der Waals surface area contributed by atoms with Crippen LogP contribution in [-0.4, -0.2) is 44.3 Å². The highest BCUT2D eigenvalue weighted by atomic mass is 16.4. The maximum atomic E-state index is 11.0. The Labute approximate surface area is 94.5 Å². The van der Waals surface area contributed by atoms with Crippen LogP contribution in [0.15, 0.2) is 0 Å². The van der Waals surface area contributed by atoms with Crippen molar-refractivity contribution in [2.75, 3.05) is 0 Å². The summed E-state index contributed by atoms with van der Waals surface area (Å²) in [4.78, 5) is 43.6. The van der Waals surface area contributed by atoms with Crippen molar-refractivity contribution in [1.82, 2.24) is 0 Å². The van der Waals surface area contributed by atoms with E-state index in [9.17, 15) is 19.2 Å². The van der Waals surface area contributed by atoms with Crippen molar-refractivity contribution in [2.45, 2.75) is 12.8 Å². The van der Waals surface area contributed by atoms with Gasteiger partial charge in [0.1, 0.15) is 0 Å². The molecule has 0 aromatic rings. The van der Waals surface area contributed by atoms with E-state index in [0.29, 0.717) is 0 Å². The molecular weight excluding hydrogens is 236 g/mol. The van der Waals surface area contributed by atoms with Gasteiger partial charge < -0.3 is 20.4 Å². The van der Waals surface area contributed by atoms with Gasteiger partial charge in [0.25, 0.3) is 0 Å². The fraction of sp³-hybridized carbons (Fsp3) is 0.556. The lowest BCUT2D eigenvalue weighted by Crippen LogP contribution is -2.45. The van der Waals surface area contributed by atoms with Gasteiger partial charge in [-0.2, -0.15) is 0 Å². The average molecular weight is 246 g/mol. The van der Waals surface area contributed by atoms with Gasteiger partial charge in [-0.15, -0.1) is 0 Å². The van der Waals surface area contributed by atoms with E-state index >= 15 is 0 Å². The monoisotopic (exact) mass is 246 g/mol. The summed E-state index contributed by atoms with van der Waals surface area (Å²) in [6, 6.07) is 0. The molecule has 0 radical (unpaired) electrons. The Morgan fingerprint density at radius 3 is 1.59 bits per heavy atom. The molecule has 8 heteroatoms. The highest BCUT2D eigenvalue weighted by Crippen LogP contribution is 2.47. The molecule has 1 fully saturated rings. The number of hydrogen-bond acceptors (Lipinski definition) is 4. The van der Waals surface area contributed by atoms with Crippen LogP contribution in [0, 0.1) is 17.3 Å². The fourth-order valence-electron chi connectivity index (χ4n) is 2.16. The standard InChI is InChI=1S/C9H10O8/c10-5(11)3-1-4(6(12)13)9(2-3,7(14)15)8(16)17/h3-4H,1-2H2,(H,10,11)(H,12,13)(H,14,15)(H,16,17). The number of rotatable bonds is 4. The average Bonchev–Trinajstić information content (AvgIpc) is 2.58. The Morgan fingerprint density at radius 1 is 0.882 bits per heavy atom. The van der Waals surface area contributed by atoms with Gasteiger partial charge >= 0.3 is 23.9 Å². The molecule has 0 saturated heterocycles. The van der Waals surface area contributed by atoms with Gasteiger partial charge in [-0.1, -0.05) is 0 Å². The zero-order valence-corrected chi connectivity index (χ0v) is 8.49. The van der Waals surface area contributed by atoms with E-state index in [2.05, 4.69) is 0 Å². The third kappa shape index (κ3) is 1.81. The zero-order chi connectivity index (χ0) is 13.4. The maximum Gasteiger partial charge on any atom is 0.321 e. The topological polar surface area (TPSA) is 149 Å². The lowest BCUT2D eigenvalue weighted by Gasteiger charge is -2.23. The SMILES string of the molecule is O=C(O)C1CC(C(=O)O)C(C(=O)O)(C(=O)O)C1. The molecule has 0 aromatic heterocycles. The first-order chi connectivity index (χ1) is 7.73. The quantitative estimate of drug-likeness (QED) is 0.477. The van der Waals surface area contributed by atoms with E-state index in [1.54, 1.807) is 0 Å². The van der Waals surface area contributed by atoms with Crippen LogP contribution in [0.1, 0.15) is 12.8 Å². The summed E-state index contributed by atoms with van der Waals surface area (Å²) in [6.45, 7) is 0. The second-order valence-electron chi connectivity index (χ2n) is 3.95. The van der Waals surface area contributed by atoms with E-state index in [1.165, 1.54) is 0 Å². The number of carboxylic acid groups (broad SMARTS) is 4. The molecule has 1 saturated carbocycles. The van der Waals surface area contributed by atoms with Crippen LogP contribution in [-0.2, 0) is 19.2 Å². The minimum Gasteiger partial charge on any atom is -0.481 e. The van der Waals surface area contributed by atoms with Gasteiger partial charge in [0.2, 0.25) is 0 Å². The van der Waals surface area contributed by atoms with Gasteiger partial charge in [-0.3, -0.25) is 19.2 Å². The number of aliphatic carboxylic acids is 4. The molecule has 0 heterocycles. The van der Waals surface area contributed by atoms with E-state index in [-0.39, 0.29) is 0 Å². The first-order valence-electron chi connectivity index (χ1n) is 4.66. The van der Waals surface area contributed by atoms with Crippen LogP contribution in [0.5, 0.6) is 0 Å². The van der Waals surface area contributed by atoms with Crippen LogP contribution in [0.3, 0.4) is 0 Å². The molecule has 2 atom stereocenters. The van der Waals surface area contributed by atoms with Crippen molar-refractivity contribution in [2.24, 2.45) is 17.3 Å². The molecule has 0 aliphatic heterocycles. The van der Waals surface area contributed by atoms with Crippen LogP contribution in [0.4, 0.5) is 0 Å². The minimum atomic E-state index is -2.56. The van der Waals surface area contributed by atoms with Gasteiger partial charge in [0.15, 0.2) is 5.41 Å². The minimum absolute atomic E-state index is 0.497. The smallest absolute Gasteiger partial charge is 0.321 e. The van der Waals surface area contributed by atoms with Crippen molar-refractivity contribution in [1.29, 1.82) is 0 Å². The Bertz CT molecular complexity index is 384. The largest absolute Gasteiger partial charge is 0.481 e. The summed E-state index contributed by atoms with van der Waals surface area (Å²) < 4.78 is 0. The van der Waals surface area contributed by atoms with E-state index in [4.69, 9.17) is 20.4 Å². The number of hydrogen-bond donors (Lipinski definition) is 4. The second-order valence-corrected chi connectivity index (χ2v) is 3.95. The Morgan fingerprint density at radius 2 is 1.35 bits per heavy atom. The normalized spacial score (nSPS) is 26.4. The number of carboxylic acids is 4. The first kappa shape index (κ1) is 12.9. The summed E-state index contributed by atoms with van der Waals surface area (Å²) >= 11 is 0. The summed E-state index contributed by atoms with van der Waals surface area (Å²) in [5.74, 6) is -9.65. The predicted molar refractivity (Wildman–Crippen MR) is 49.2 cm³/mol. The summed E-state index contributed by atoms with van der Waals surface area (Å²) in [6.07, 6.45) is -1.22. The molecule has 1 aliphatic carbocycles. The molecule has 0 spiro atoms. The van der Waals surface area contributed by atoms with Crippen molar-refractivity contribution >= 4 is 23.9 Å². The van der Waals surface area contributed by atoms with Crippen molar-refractivity contribution in [3.05, 3.63) is 0 Å². The lowest BCUT2D eigenvalue weighted by atomic mass is 9.77. The van der Waals surface area contributed by atoms with Gasteiger partial charge in [-0.25, -0.2) is 0 Å². The molecule has 1 aliphatic rings. The molecule has 94 valence electrons. The third-order valence-electron chi connectivity index (χ3n) is 3.09. The Balaban J connectivity index is 3.26. The van der Waals surface area contributed by atoms with Gasteiger partial charge in [0.05, 0.1) is 11.8 Å². The molecule has 8 nitrogen and oxygen atoms in total. The molecule has 4 N–H and O–H groups in total. The molecule has 17 heavy (non-hydrogen) atoms. The summed E-state index contributed by atoms with van der Waals surface area (Å²) in [7, 11) is 0. The van der Waals surface area contributed by atoms with Crippen molar-refractivity contribution < 1.29 is 39.6 Å². The molecule has 0 amide bonds. The molecule has 0 bridgehead atoms. The van der Waals surface area contributed by atoms with Crippen LogP contribution in [0.2, 0.25) is 0 Å². The van der Waals surface area contributed by atoms with Crippen LogP contribution < -0.4 is 0 Å². The highest BCUT2D eigenvalue weighted by molar-refractivity contribution is 6.03. The fourth-order valence-corrected chi connectivity index (χ4v) is 2.16. The number of carbonyl (C=O) groups is 4. The predicted octanol–water partition coefficient (Wildman–Crippen LogP) is -0.663. The Kier molecular flexibility index (Phi) is 3.08. The zero-order valence-electron chi connectivity index (χ0n) is 8.49. The second kappa shape index (κ2) is 4.04. The van der Waals surface area contributed by atoms with E-state index < -0.39 is 54.0 Å². The van der Waals surface area contributed by atoms with Crippen LogP contribution in [0.25, 0.3) is 0 Å². The third-order valence-corrected chi connectivity index (χ3v) is 3.09. The van der Waals surface area contributed by atoms with Crippen molar-refractivity contribution in [3.63, 3.8) is 0 Å². The Hall–Kier alpha value is -2.12. The molecule has 2 unspecified atom stereocenters. The summed E-state index contributed by atoms with van der Waals surface area (Å²) in [5, 5.41) is 35.4. The maximum absolute atomic E-state index is 11.0. The van der Waals surface area contributed by atoms with E-state index in [1.807, 2.05) is 0 Å². The van der Waals surface area contributed by atoms with Crippen molar-refractivity contribution in [3.8, 4) is 0 Å². The van der Waals surface area contributed by atoms with Gasteiger partial charge in [-0.05, 0) is 12.8 Å². The summed E-state index contributed by atoms with van der Waals surface area (Å²) in [5.41, 5.74) is -2.56. The molecule has 1 rings (SSSR count). The molecule has 0 aromatic carbocycles. The highest BCUT2D eigenvalue weighted by Gasteiger charge is 2.63. The van der Waals surface area contributed by atoms with Crippen LogP contribution >= 0.6 is 0 Å². The van der Waals surface area contributed by atoms with Gasteiger partial charge in [0, 0.05) is 0 Å². The lowest BCUT2D eigenvalue weighted by molar-refractivity contribution is -0.173. The van der Waals surface area contributed by atoms with E-state index in [0.717, 1.165) is 0 Å².